The number of benzene rings is 1. The van der Waals surface area contributed by atoms with Crippen LogP contribution in [0.4, 0.5) is 11.5 Å². The van der Waals surface area contributed by atoms with Crippen molar-refractivity contribution in [3.8, 4) is 0 Å². The summed E-state index contributed by atoms with van der Waals surface area (Å²) < 4.78 is 0. The molecule has 1 aromatic carbocycles. The van der Waals surface area contributed by atoms with Crippen LogP contribution in [0.3, 0.4) is 0 Å². The predicted molar refractivity (Wildman–Crippen MR) is 127 cm³/mol. The van der Waals surface area contributed by atoms with Crippen molar-refractivity contribution in [1.82, 2.24) is 20.6 Å². The fourth-order valence-electron chi connectivity index (χ4n) is 6.21. The average molecular weight is 420 g/mol. The minimum atomic E-state index is 0.215. The van der Waals surface area contributed by atoms with Crippen molar-refractivity contribution in [1.29, 1.82) is 0 Å². The third-order valence-electron chi connectivity index (χ3n) is 8.05. The number of anilines is 2. The number of nitrogens with one attached hydrogen (secondary N) is 2. The van der Waals surface area contributed by atoms with Crippen molar-refractivity contribution < 1.29 is 0 Å². The standard InChI is InChI=1S/C26H37N5/c1-4-20(5-2)28-15-19-7-6-8-22-24(19)26(11-13-27-14-12-26)16-31(22)25-23-18(3)9-10-21(23)29-17-30-25/h6-8,17-18,20,27-28H,4-5,9-16H2,1-3H3. The van der Waals surface area contributed by atoms with E-state index in [1.54, 1.807) is 11.9 Å². The van der Waals surface area contributed by atoms with Gasteiger partial charge in [-0.2, -0.15) is 0 Å². The number of piperidine rings is 1. The molecule has 1 spiro atoms. The minimum absolute atomic E-state index is 0.215. The smallest absolute Gasteiger partial charge is 0.140 e. The zero-order chi connectivity index (χ0) is 21.4. The molecule has 2 N–H and O–H groups in total. The maximum Gasteiger partial charge on any atom is 0.140 e. The first-order valence-corrected chi connectivity index (χ1v) is 12.3. The second-order valence-corrected chi connectivity index (χ2v) is 9.82. The second-order valence-electron chi connectivity index (χ2n) is 9.82. The van der Waals surface area contributed by atoms with Crippen LogP contribution in [0.1, 0.15) is 81.2 Å². The van der Waals surface area contributed by atoms with E-state index in [4.69, 9.17) is 4.98 Å². The van der Waals surface area contributed by atoms with Crippen molar-refractivity contribution in [2.45, 2.75) is 83.2 Å². The van der Waals surface area contributed by atoms with E-state index in [1.165, 1.54) is 54.6 Å². The maximum absolute atomic E-state index is 4.87. The summed E-state index contributed by atoms with van der Waals surface area (Å²) in [5, 5.41) is 7.43. The molecule has 1 atom stereocenters. The number of rotatable bonds is 6. The molecule has 1 aromatic heterocycles. The highest BCUT2D eigenvalue weighted by molar-refractivity contribution is 5.75. The van der Waals surface area contributed by atoms with Crippen LogP contribution in [0.2, 0.25) is 0 Å². The van der Waals surface area contributed by atoms with E-state index >= 15 is 0 Å². The Hall–Kier alpha value is -1.98. The van der Waals surface area contributed by atoms with Crippen LogP contribution in [-0.4, -0.2) is 35.6 Å². The molecule has 1 fully saturated rings. The first-order chi connectivity index (χ1) is 15.2. The van der Waals surface area contributed by atoms with Gasteiger partial charge in [-0.25, -0.2) is 9.97 Å². The Kier molecular flexibility index (Phi) is 5.74. The van der Waals surface area contributed by atoms with Gasteiger partial charge in [0, 0.05) is 41.5 Å². The van der Waals surface area contributed by atoms with Gasteiger partial charge in [0.25, 0.3) is 0 Å². The van der Waals surface area contributed by atoms with Gasteiger partial charge in [0.1, 0.15) is 12.1 Å². The molecule has 1 unspecified atom stereocenters. The van der Waals surface area contributed by atoms with Crippen LogP contribution in [0.5, 0.6) is 0 Å². The highest BCUT2D eigenvalue weighted by Crippen LogP contribution is 2.52. The van der Waals surface area contributed by atoms with E-state index in [9.17, 15) is 0 Å². The first-order valence-electron chi connectivity index (χ1n) is 12.3. The molecule has 5 rings (SSSR count). The largest absolute Gasteiger partial charge is 0.325 e. The minimum Gasteiger partial charge on any atom is -0.325 e. The number of nitrogens with zero attached hydrogens (tertiary/aromatic N) is 3. The van der Waals surface area contributed by atoms with Gasteiger partial charge in [-0.3, -0.25) is 0 Å². The SMILES string of the molecule is CCC(CC)NCc1cccc2c1C1(CCNCC1)CN2c1ncnc2c1C(C)CC2. The molecule has 0 radical (unpaired) electrons. The molecule has 1 saturated heterocycles. The zero-order valence-corrected chi connectivity index (χ0v) is 19.4. The number of hydrogen-bond donors (Lipinski definition) is 2. The number of aryl methyl sites for hydroxylation is 1. The van der Waals surface area contributed by atoms with E-state index < -0.39 is 0 Å². The number of fused-ring (bicyclic) bond motifs is 3. The van der Waals surface area contributed by atoms with Gasteiger partial charge in [0.15, 0.2) is 0 Å². The van der Waals surface area contributed by atoms with Crippen molar-refractivity contribution in [2.24, 2.45) is 0 Å². The van der Waals surface area contributed by atoms with Crippen molar-refractivity contribution in [3.63, 3.8) is 0 Å². The first kappa shape index (κ1) is 20.9. The van der Waals surface area contributed by atoms with E-state index in [0.717, 1.165) is 38.4 Å². The lowest BCUT2D eigenvalue weighted by molar-refractivity contribution is 0.326. The summed E-state index contributed by atoms with van der Waals surface area (Å²) in [5.74, 6) is 1.70. The predicted octanol–water partition coefficient (Wildman–Crippen LogP) is 4.58. The van der Waals surface area contributed by atoms with Gasteiger partial charge >= 0.3 is 0 Å². The van der Waals surface area contributed by atoms with Gasteiger partial charge in [-0.05, 0) is 74.7 Å². The van der Waals surface area contributed by atoms with Crippen molar-refractivity contribution >= 4 is 11.5 Å². The molecule has 1 aliphatic carbocycles. The van der Waals surface area contributed by atoms with Crippen LogP contribution in [0.15, 0.2) is 24.5 Å². The monoisotopic (exact) mass is 419 g/mol. The normalized spacial score (nSPS) is 21.7. The van der Waals surface area contributed by atoms with Gasteiger partial charge in [-0.15, -0.1) is 0 Å². The Labute approximate surface area is 187 Å². The molecule has 2 aliphatic heterocycles. The fraction of sp³-hybridized carbons (Fsp3) is 0.615. The van der Waals surface area contributed by atoms with Crippen LogP contribution >= 0.6 is 0 Å². The van der Waals surface area contributed by atoms with E-state index in [2.05, 4.69) is 59.5 Å². The van der Waals surface area contributed by atoms with Gasteiger partial charge < -0.3 is 15.5 Å². The lowest BCUT2D eigenvalue weighted by atomic mass is 9.73. The lowest BCUT2D eigenvalue weighted by Gasteiger charge is -2.36. The van der Waals surface area contributed by atoms with Gasteiger partial charge in [-0.1, -0.05) is 32.9 Å². The van der Waals surface area contributed by atoms with Crippen molar-refractivity contribution in [3.05, 3.63) is 46.9 Å². The summed E-state index contributed by atoms with van der Waals surface area (Å²) in [4.78, 5) is 12.0. The summed E-state index contributed by atoms with van der Waals surface area (Å²) in [6, 6.07) is 7.53. The molecule has 5 nitrogen and oxygen atoms in total. The van der Waals surface area contributed by atoms with Crippen LogP contribution < -0.4 is 15.5 Å². The van der Waals surface area contributed by atoms with E-state index in [-0.39, 0.29) is 5.41 Å². The molecule has 5 heteroatoms. The highest BCUT2D eigenvalue weighted by atomic mass is 15.2. The Balaban J connectivity index is 1.58. The molecule has 2 aromatic rings. The fourth-order valence-corrected chi connectivity index (χ4v) is 6.21. The Morgan fingerprint density at radius 1 is 1.19 bits per heavy atom. The van der Waals surface area contributed by atoms with E-state index in [0.29, 0.717) is 12.0 Å². The Morgan fingerprint density at radius 2 is 2.00 bits per heavy atom. The summed E-state index contributed by atoms with van der Waals surface area (Å²) in [6.45, 7) is 11.1. The average Bonchev–Trinajstić information content (AvgIpc) is 3.34. The third kappa shape index (κ3) is 3.56. The van der Waals surface area contributed by atoms with E-state index in [1.807, 2.05) is 0 Å². The van der Waals surface area contributed by atoms with Crippen LogP contribution in [-0.2, 0) is 18.4 Å². The third-order valence-corrected chi connectivity index (χ3v) is 8.05. The number of hydrogen-bond acceptors (Lipinski definition) is 5. The molecule has 3 heterocycles. The maximum atomic E-state index is 4.87. The topological polar surface area (TPSA) is 53.1 Å². The zero-order valence-electron chi connectivity index (χ0n) is 19.4. The van der Waals surface area contributed by atoms with Gasteiger partial charge in [0.05, 0.1) is 0 Å². The molecule has 3 aliphatic rings. The molecule has 31 heavy (non-hydrogen) atoms. The quantitative estimate of drug-likeness (QED) is 0.718. The highest BCUT2D eigenvalue weighted by Gasteiger charge is 2.46. The van der Waals surface area contributed by atoms with Crippen molar-refractivity contribution in [2.75, 3.05) is 24.5 Å². The lowest BCUT2D eigenvalue weighted by Crippen LogP contribution is -2.43. The molecule has 0 saturated carbocycles. The summed E-state index contributed by atoms with van der Waals surface area (Å²) in [6.07, 6.45) is 8.81. The summed E-state index contributed by atoms with van der Waals surface area (Å²) in [5.41, 5.74) is 7.30. The molecule has 0 bridgehead atoms. The molecule has 0 amide bonds. The molecular weight excluding hydrogens is 382 g/mol. The van der Waals surface area contributed by atoms with Crippen LogP contribution in [0, 0.1) is 0 Å². The van der Waals surface area contributed by atoms with Gasteiger partial charge in [0.2, 0.25) is 0 Å². The molecule has 166 valence electrons. The second kappa shape index (κ2) is 8.51. The number of aromatic nitrogens is 2. The summed E-state index contributed by atoms with van der Waals surface area (Å²) >= 11 is 0. The Bertz CT molecular complexity index is 929. The summed E-state index contributed by atoms with van der Waals surface area (Å²) in [7, 11) is 0. The Morgan fingerprint density at radius 3 is 2.77 bits per heavy atom. The van der Waals surface area contributed by atoms with Crippen LogP contribution in [0.25, 0.3) is 0 Å². The molecular formula is C26H37N5.